The van der Waals surface area contributed by atoms with Gasteiger partial charge >= 0.3 is 0 Å². The Balaban J connectivity index is 2.12. The van der Waals surface area contributed by atoms with Gasteiger partial charge in [0.25, 0.3) is 0 Å². The molecule has 2 rings (SSSR count). The Hall–Kier alpha value is -0.450. The smallest absolute Gasteiger partial charge is 0.0938 e. The number of aromatic nitrogens is 1. The van der Waals surface area contributed by atoms with E-state index in [1.807, 2.05) is 6.92 Å². The van der Waals surface area contributed by atoms with E-state index in [9.17, 15) is 5.11 Å². The van der Waals surface area contributed by atoms with Crippen molar-refractivity contribution in [1.82, 2.24) is 4.98 Å². The SMILES string of the molecule is Cc1nc(CC2(CO)CCOC2)sc1C. The Morgan fingerprint density at radius 3 is 2.80 bits per heavy atom. The molecule has 1 unspecified atom stereocenters. The minimum Gasteiger partial charge on any atom is -0.396 e. The van der Waals surface area contributed by atoms with Crippen molar-refractivity contribution >= 4 is 11.3 Å². The van der Waals surface area contributed by atoms with Crippen LogP contribution in [0.2, 0.25) is 0 Å². The van der Waals surface area contributed by atoms with Crippen molar-refractivity contribution < 1.29 is 9.84 Å². The number of ether oxygens (including phenoxy) is 1. The Morgan fingerprint density at radius 1 is 1.53 bits per heavy atom. The Morgan fingerprint density at radius 2 is 2.33 bits per heavy atom. The van der Waals surface area contributed by atoms with Crippen molar-refractivity contribution in [2.75, 3.05) is 19.8 Å². The van der Waals surface area contributed by atoms with E-state index in [1.165, 1.54) is 4.88 Å². The lowest BCUT2D eigenvalue weighted by Crippen LogP contribution is -2.28. The fourth-order valence-corrected chi connectivity index (χ4v) is 3.01. The molecule has 2 heterocycles. The lowest BCUT2D eigenvalue weighted by Gasteiger charge is -2.22. The topological polar surface area (TPSA) is 42.4 Å². The largest absolute Gasteiger partial charge is 0.396 e. The molecule has 0 spiro atoms. The summed E-state index contributed by atoms with van der Waals surface area (Å²) in [7, 11) is 0. The van der Waals surface area contributed by atoms with Crippen LogP contribution >= 0.6 is 11.3 Å². The number of aliphatic hydroxyl groups is 1. The van der Waals surface area contributed by atoms with Crippen molar-refractivity contribution in [3.63, 3.8) is 0 Å². The third kappa shape index (κ3) is 2.22. The summed E-state index contributed by atoms with van der Waals surface area (Å²) in [5.74, 6) is 0. The highest BCUT2D eigenvalue weighted by Gasteiger charge is 2.35. The summed E-state index contributed by atoms with van der Waals surface area (Å²) in [5, 5.41) is 10.6. The zero-order valence-corrected chi connectivity index (χ0v) is 10.1. The van der Waals surface area contributed by atoms with Crippen molar-refractivity contribution in [2.24, 2.45) is 5.41 Å². The van der Waals surface area contributed by atoms with Gasteiger partial charge in [-0.15, -0.1) is 11.3 Å². The molecule has 1 saturated heterocycles. The van der Waals surface area contributed by atoms with Gasteiger partial charge in [-0.05, 0) is 20.3 Å². The van der Waals surface area contributed by atoms with Gasteiger partial charge in [0, 0.05) is 23.3 Å². The third-order valence-corrected chi connectivity index (χ3v) is 4.19. The van der Waals surface area contributed by atoms with Crippen molar-refractivity contribution in [1.29, 1.82) is 0 Å². The minimum atomic E-state index is -0.0727. The molecule has 0 aliphatic carbocycles. The van der Waals surface area contributed by atoms with Crippen LogP contribution in [0.5, 0.6) is 0 Å². The zero-order valence-electron chi connectivity index (χ0n) is 9.25. The maximum absolute atomic E-state index is 9.45. The lowest BCUT2D eigenvalue weighted by atomic mass is 9.85. The van der Waals surface area contributed by atoms with Crippen LogP contribution in [0.25, 0.3) is 0 Å². The predicted octanol–water partition coefficient (Wildman–Crippen LogP) is 1.70. The number of thiazole rings is 1. The molecule has 3 nitrogen and oxygen atoms in total. The predicted molar refractivity (Wildman–Crippen MR) is 60.2 cm³/mol. The zero-order chi connectivity index (χ0) is 10.9. The number of hydrogen-bond donors (Lipinski definition) is 1. The summed E-state index contributed by atoms with van der Waals surface area (Å²) in [4.78, 5) is 5.79. The normalized spacial score (nSPS) is 26.1. The molecule has 15 heavy (non-hydrogen) atoms. The van der Waals surface area contributed by atoms with Crippen LogP contribution in [0.1, 0.15) is 22.0 Å². The molecule has 1 fully saturated rings. The molecule has 1 aliphatic rings. The Labute approximate surface area is 94.1 Å². The highest BCUT2D eigenvalue weighted by Crippen LogP contribution is 2.33. The minimum absolute atomic E-state index is 0.0727. The van der Waals surface area contributed by atoms with E-state index in [0.29, 0.717) is 6.61 Å². The summed E-state index contributed by atoms with van der Waals surface area (Å²) in [6.45, 7) is 5.76. The Bertz CT molecular complexity index is 323. The van der Waals surface area contributed by atoms with Crippen molar-refractivity contribution in [3.05, 3.63) is 15.6 Å². The molecule has 1 aliphatic heterocycles. The molecule has 0 radical (unpaired) electrons. The molecule has 4 heteroatoms. The second kappa shape index (κ2) is 4.20. The quantitative estimate of drug-likeness (QED) is 0.854. The van der Waals surface area contributed by atoms with Crippen molar-refractivity contribution in [2.45, 2.75) is 26.7 Å². The van der Waals surface area contributed by atoms with E-state index in [2.05, 4.69) is 11.9 Å². The lowest BCUT2D eigenvalue weighted by molar-refractivity contribution is 0.0934. The summed E-state index contributed by atoms with van der Waals surface area (Å²) >= 11 is 1.74. The molecule has 1 N–H and O–H groups in total. The number of aliphatic hydroxyl groups excluding tert-OH is 1. The van der Waals surface area contributed by atoms with Gasteiger partial charge in [-0.2, -0.15) is 0 Å². The van der Waals surface area contributed by atoms with E-state index < -0.39 is 0 Å². The Kier molecular flexibility index (Phi) is 3.09. The number of aryl methyl sites for hydroxylation is 2. The first-order valence-electron chi connectivity index (χ1n) is 5.27. The molecule has 0 amide bonds. The average Bonchev–Trinajstić information content (AvgIpc) is 2.77. The fraction of sp³-hybridized carbons (Fsp3) is 0.727. The van der Waals surface area contributed by atoms with Gasteiger partial charge in [-0.1, -0.05) is 0 Å². The van der Waals surface area contributed by atoms with Crippen LogP contribution in [-0.2, 0) is 11.2 Å². The molecule has 1 aromatic heterocycles. The third-order valence-electron chi connectivity index (χ3n) is 3.12. The standard InChI is InChI=1S/C11H17NO2S/c1-8-9(2)15-10(12-8)5-11(6-13)3-4-14-7-11/h13H,3-7H2,1-2H3. The number of nitrogens with zero attached hydrogens (tertiary/aromatic N) is 1. The summed E-state index contributed by atoms with van der Waals surface area (Å²) < 4.78 is 5.38. The highest BCUT2D eigenvalue weighted by molar-refractivity contribution is 7.11. The fourth-order valence-electron chi connectivity index (χ4n) is 1.91. The second-order valence-electron chi connectivity index (χ2n) is 4.39. The first kappa shape index (κ1) is 11.0. The van der Waals surface area contributed by atoms with Crippen LogP contribution in [0.15, 0.2) is 0 Å². The molecule has 0 saturated carbocycles. The first-order chi connectivity index (χ1) is 7.15. The van der Waals surface area contributed by atoms with E-state index in [-0.39, 0.29) is 12.0 Å². The monoisotopic (exact) mass is 227 g/mol. The molecule has 1 aromatic rings. The van der Waals surface area contributed by atoms with Gasteiger partial charge in [0.1, 0.15) is 0 Å². The van der Waals surface area contributed by atoms with Crippen LogP contribution in [0.4, 0.5) is 0 Å². The molecule has 84 valence electrons. The van der Waals surface area contributed by atoms with Crippen LogP contribution in [0.3, 0.4) is 0 Å². The van der Waals surface area contributed by atoms with E-state index in [4.69, 9.17) is 4.74 Å². The maximum atomic E-state index is 9.45. The number of rotatable bonds is 3. The highest BCUT2D eigenvalue weighted by atomic mass is 32.1. The van der Waals surface area contributed by atoms with Crippen LogP contribution in [-0.4, -0.2) is 29.9 Å². The van der Waals surface area contributed by atoms with E-state index >= 15 is 0 Å². The van der Waals surface area contributed by atoms with E-state index in [0.717, 1.165) is 30.2 Å². The molecular weight excluding hydrogens is 210 g/mol. The van der Waals surface area contributed by atoms with Gasteiger partial charge in [-0.3, -0.25) is 0 Å². The molecule has 0 bridgehead atoms. The average molecular weight is 227 g/mol. The number of hydrogen-bond acceptors (Lipinski definition) is 4. The van der Waals surface area contributed by atoms with Gasteiger partial charge in [0.15, 0.2) is 0 Å². The summed E-state index contributed by atoms with van der Waals surface area (Å²) in [6.07, 6.45) is 1.80. The van der Waals surface area contributed by atoms with Gasteiger partial charge in [-0.25, -0.2) is 4.98 Å². The van der Waals surface area contributed by atoms with Gasteiger partial charge in [0.2, 0.25) is 0 Å². The van der Waals surface area contributed by atoms with Crippen LogP contribution in [0, 0.1) is 19.3 Å². The molecule has 0 aromatic carbocycles. The first-order valence-corrected chi connectivity index (χ1v) is 6.08. The molecule has 1 atom stereocenters. The van der Waals surface area contributed by atoms with Crippen LogP contribution < -0.4 is 0 Å². The van der Waals surface area contributed by atoms with E-state index in [1.54, 1.807) is 11.3 Å². The molecular formula is C11H17NO2S. The summed E-state index contributed by atoms with van der Waals surface area (Å²) in [5.41, 5.74) is 1.04. The van der Waals surface area contributed by atoms with Gasteiger partial charge in [0.05, 0.1) is 23.9 Å². The summed E-state index contributed by atoms with van der Waals surface area (Å²) in [6, 6.07) is 0. The second-order valence-corrected chi connectivity index (χ2v) is 5.67. The maximum Gasteiger partial charge on any atom is 0.0938 e. The van der Waals surface area contributed by atoms with Gasteiger partial charge < -0.3 is 9.84 Å². The van der Waals surface area contributed by atoms with Crippen molar-refractivity contribution in [3.8, 4) is 0 Å².